The molecule has 3 heterocycles. The number of likely N-dealkylation sites (tertiary alicyclic amines) is 1. The van der Waals surface area contributed by atoms with Crippen molar-refractivity contribution in [3.05, 3.63) is 28.5 Å². The summed E-state index contributed by atoms with van der Waals surface area (Å²) >= 11 is 1.65. The van der Waals surface area contributed by atoms with Crippen LogP contribution in [0.4, 0.5) is 0 Å². The van der Waals surface area contributed by atoms with Crippen LogP contribution in [0.2, 0.25) is 0 Å². The van der Waals surface area contributed by atoms with Gasteiger partial charge in [0.1, 0.15) is 0 Å². The lowest BCUT2D eigenvalue weighted by Crippen LogP contribution is -2.48. The average Bonchev–Trinajstić information content (AvgIpc) is 2.98. The number of hydrogen-bond acceptors (Lipinski definition) is 6. The molecule has 1 N–H and O–H groups in total. The number of thiazole rings is 1. The first-order valence-electron chi connectivity index (χ1n) is 5.92. The van der Waals surface area contributed by atoms with Crippen molar-refractivity contribution >= 4 is 17.3 Å². The standard InChI is InChI=1S/C11H13N5O2S/c1-7(10-2-12-6-19-10)15-3-8(4-15)16-5-9(11(17)18)13-14-16/h2,5-8H,3-4H2,1H3,(H,17,18). The second kappa shape index (κ2) is 4.71. The van der Waals surface area contributed by atoms with E-state index >= 15 is 0 Å². The van der Waals surface area contributed by atoms with Crippen LogP contribution in [0.5, 0.6) is 0 Å². The smallest absolute Gasteiger partial charge is 0.358 e. The van der Waals surface area contributed by atoms with E-state index in [1.165, 1.54) is 11.1 Å². The summed E-state index contributed by atoms with van der Waals surface area (Å²) in [5.41, 5.74) is 1.83. The van der Waals surface area contributed by atoms with Gasteiger partial charge in [0, 0.05) is 30.2 Å². The average molecular weight is 279 g/mol. The molecule has 0 spiro atoms. The quantitative estimate of drug-likeness (QED) is 0.900. The molecule has 1 saturated heterocycles. The molecule has 1 aliphatic rings. The van der Waals surface area contributed by atoms with Crippen LogP contribution < -0.4 is 0 Å². The summed E-state index contributed by atoms with van der Waals surface area (Å²) in [7, 11) is 0. The lowest BCUT2D eigenvalue weighted by Gasteiger charge is -2.42. The van der Waals surface area contributed by atoms with E-state index < -0.39 is 5.97 Å². The van der Waals surface area contributed by atoms with Crippen molar-refractivity contribution in [2.24, 2.45) is 0 Å². The molecule has 0 aromatic carbocycles. The van der Waals surface area contributed by atoms with Crippen molar-refractivity contribution in [2.45, 2.75) is 19.0 Å². The zero-order valence-corrected chi connectivity index (χ0v) is 11.1. The topological polar surface area (TPSA) is 84.1 Å². The maximum Gasteiger partial charge on any atom is 0.358 e. The van der Waals surface area contributed by atoms with Gasteiger partial charge >= 0.3 is 5.97 Å². The van der Waals surface area contributed by atoms with E-state index in [0.29, 0.717) is 6.04 Å². The summed E-state index contributed by atoms with van der Waals surface area (Å²) < 4.78 is 1.64. The first-order valence-corrected chi connectivity index (χ1v) is 6.80. The molecule has 19 heavy (non-hydrogen) atoms. The molecule has 0 amide bonds. The third-order valence-electron chi connectivity index (χ3n) is 3.40. The summed E-state index contributed by atoms with van der Waals surface area (Å²) in [4.78, 5) is 18.4. The van der Waals surface area contributed by atoms with E-state index in [4.69, 9.17) is 5.11 Å². The van der Waals surface area contributed by atoms with Crippen LogP contribution >= 0.6 is 11.3 Å². The Morgan fingerprint density at radius 3 is 2.95 bits per heavy atom. The zero-order valence-electron chi connectivity index (χ0n) is 10.3. The van der Waals surface area contributed by atoms with Crippen LogP contribution in [0.25, 0.3) is 0 Å². The summed E-state index contributed by atoms with van der Waals surface area (Å²) in [5, 5.41) is 16.3. The van der Waals surface area contributed by atoms with E-state index in [1.807, 2.05) is 11.7 Å². The number of carboxylic acid groups (broad SMARTS) is 1. The van der Waals surface area contributed by atoms with Crippen LogP contribution in [0.15, 0.2) is 17.9 Å². The summed E-state index contributed by atoms with van der Waals surface area (Å²) in [6.45, 7) is 3.84. The van der Waals surface area contributed by atoms with Gasteiger partial charge in [-0.2, -0.15) is 0 Å². The summed E-state index contributed by atoms with van der Waals surface area (Å²) in [5.74, 6) is -1.04. The van der Waals surface area contributed by atoms with Crippen LogP contribution in [-0.4, -0.2) is 49.0 Å². The lowest BCUT2D eigenvalue weighted by atomic mass is 10.1. The Kier molecular flexibility index (Phi) is 3.03. The largest absolute Gasteiger partial charge is 0.476 e. The Bertz CT molecular complexity index is 576. The normalized spacial score (nSPS) is 18.2. The van der Waals surface area contributed by atoms with Gasteiger partial charge in [0.25, 0.3) is 0 Å². The Morgan fingerprint density at radius 1 is 1.58 bits per heavy atom. The van der Waals surface area contributed by atoms with Crippen molar-refractivity contribution < 1.29 is 9.90 Å². The lowest BCUT2D eigenvalue weighted by molar-refractivity contribution is 0.0598. The molecule has 0 bridgehead atoms. The molecule has 1 aliphatic heterocycles. The van der Waals surface area contributed by atoms with Crippen molar-refractivity contribution in [1.29, 1.82) is 0 Å². The van der Waals surface area contributed by atoms with Gasteiger partial charge in [0.05, 0.1) is 17.7 Å². The second-order valence-electron chi connectivity index (χ2n) is 4.58. The fourth-order valence-corrected chi connectivity index (χ4v) is 2.85. The van der Waals surface area contributed by atoms with Gasteiger partial charge in [-0.15, -0.1) is 16.4 Å². The first kappa shape index (κ1) is 12.2. The predicted molar refractivity (Wildman–Crippen MR) is 68.1 cm³/mol. The number of rotatable bonds is 4. The van der Waals surface area contributed by atoms with Gasteiger partial charge in [-0.3, -0.25) is 9.88 Å². The fraction of sp³-hybridized carbons (Fsp3) is 0.455. The Hall–Kier alpha value is -1.80. The van der Waals surface area contributed by atoms with Crippen molar-refractivity contribution in [1.82, 2.24) is 24.9 Å². The number of nitrogens with zero attached hydrogens (tertiary/aromatic N) is 5. The molecule has 0 radical (unpaired) electrons. The molecular formula is C11H13N5O2S. The van der Waals surface area contributed by atoms with Gasteiger partial charge < -0.3 is 5.11 Å². The highest BCUT2D eigenvalue weighted by molar-refractivity contribution is 7.09. The second-order valence-corrected chi connectivity index (χ2v) is 5.49. The molecule has 0 saturated carbocycles. The third kappa shape index (κ3) is 2.24. The molecule has 8 heteroatoms. The van der Waals surface area contributed by atoms with Crippen LogP contribution in [-0.2, 0) is 0 Å². The van der Waals surface area contributed by atoms with Gasteiger partial charge in [-0.05, 0) is 6.92 Å². The summed E-state index contributed by atoms with van der Waals surface area (Å²) in [6, 6.07) is 0.544. The van der Waals surface area contributed by atoms with Gasteiger partial charge in [0.2, 0.25) is 0 Å². The van der Waals surface area contributed by atoms with E-state index in [0.717, 1.165) is 13.1 Å². The number of aromatic carboxylic acids is 1. The number of aromatic nitrogens is 4. The summed E-state index contributed by atoms with van der Waals surface area (Å²) in [6.07, 6.45) is 3.38. The maximum atomic E-state index is 10.7. The first-order chi connectivity index (χ1) is 9.15. The molecular weight excluding hydrogens is 266 g/mol. The molecule has 0 aliphatic carbocycles. The Balaban J connectivity index is 1.61. The predicted octanol–water partition coefficient (Wildman–Crippen LogP) is 1.05. The minimum Gasteiger partial charge on any atom is -0.476 e. The molecule has 7 nitrogen and oxygen atoms in total. The SMILES string of the molecule is CC(c1cncs1)N1CC(n2cc(C(=O)O)nn2)C1. The van der Waals surface area contributed by atoms with Gasteiger partial charge in [0.15, 0.2) is 5.69 Å². The highest BCUT2D eigenvalue weighted by atomic mass is 32.1. The zero-order chi connectivity index (χ0) is 13.4. The van der Waals surface area contributed by atoms with Crippen LogP contribution in [0, 0.1) is 0 Å². The molecule has 2 aromatic heterocycles. The number of carboxylic acids is 1. The van der Waals surface area contributed by atoms with Gasteiger partial charge in [-0.25, -0.2) is 9.48 Å². The van der Waals surface area contributed by atoms with E-state index in [1.54, 1.807) is 16.0 Å². The molecule has 3 rings (SSSR count). The van der Waals surface area contributed by atoms with E-state index in [-0.39, 0.29) is 11.7 Å². The van der Waals surface area contributed by atoms with Crippen LogP contribution in [0.1, 0.15) is 34.4 Å². The van der Waals surface area contributed by atoms with Crippen molar-refractivity contribution in [3.63, 3.8) is 0 Å². The third-order valence-corrected chi connectivity index (χ3v) is 4.35. The minimum absolute atomic E-state index is 0.00560. The highest BCUT2D eigenvalue weighted by Crippen LogP contribution is 2.31. The molecule has 2 aromatic rings. The molecule has 1 fully saturated rings. The number of carbonyl (C=O) groups is 1. The maximum absolute atomic E-state index is 10.7. The molecule has 1 atom stereocenters. The minimum atomic E-state index is -1.04. The van der Waals surface area contributed by atoms with Crippen LogP contribution in [0.3, 0.4) is 0 Å². The van der Waals surface area contributed by atoms with Crippen molar-refractivity contribution in [3.8, 4) is 0 Å². The fourth-order valence-electron chi connectivity index (χ4n) is 2.14. The molecule has 100 valence electrons. The van der Waals surface area contributed by atoms with Gasteiger partial charge in [-0.1, -0.05) is 5.21 Å². The van der Waals surface area contributed by atoms with Crippen molar-refractivity contribution in [2.75, 3.05) is 13.1 Å². The highest BCUT2D eigenvalue weighted by Gasteiger charge is 2.33. The number of hydrogen-bond donors (Lipinski definition) is 1. The van der Waals surface area contributed by atoms with E-state index in [9.17, 15) is 4.79 Å². The Labute approximate surface area is 113 Å². The van der Waals surface area contributed by atoms with E-state index in [2.05, 4.69) is 27.1 Å². The monoisotopic (exact) mass is 279 g/mol. The molecule has 1 unspecified atom stereocenters. The Morgan fingerprint density at radius 2 is 2.37 bits per heavy atom.